The predicted molar refractivity (Wildman–Crippen MR) is 82.4 cm³/mol. The Hall–Kier alpha value is -1.60. The number of nitro benzene ring substituents is 1. The van der Waals surface area contributed by atoms with E-state index in [1.165, 1.54) is 23.9 Å². The van der Waals surface area contributed by atoms with Crippen LogP contribution in [0.1, 0.15) is 6.42 Å². The molecule has 0 radical (unpaired) electrons. The van der Waals surface area contributed by atoms with Crippen molar-refractivity contribution in [2.45, 2.75) is 11.3 Å². The number of likely N-dealkylation sites (tertiary alicyclic amines) is 1. The molecule has 1 unspecified atom stereocenters. The molecule has 21 heavy (non-hydrogen) atoms. The van der Waals surface area contributed by atoms with Crippen molar-refractivity contribution in [3.63, 3.8) is 0 Å². The fourth-order valence-electron chi connectivity index (χ4n) is 2.41. The number of amides is 1. The van der Waals surface area contributed by atoms with Crippen LogP contribution >= 0.6 is 11.8 Å². The first kappa shape index (κ1) is 15.8. The molecule has 0 spiro atoms. The second kappa shape index (κ2) is 7.42. The van der Waals surface area contributed by atoms with Crippen molar-refractivity contribution in [1.29, 1.82) is 0 Å². The van der Waals surface area contributed by atoms with Gasteiger partial charge in [-0.25, -0.2) is 0 Å². The third-order valence-electron chi connectivity index (χ3n) is 3.54. The molecule has 6 nitrogen and oxygen atoms in total. The van der Waals surface area contributed by atoms with Crippen molar-refractivity contribution in [2.75, 3.05) is 32.4 Å². The van der Waals surface area contributed by atoms with E-state index in [4.69, 9.17) is 0 Å². The van der Waals surface area contributed by atoms with Gasteiger partial charge in [-0.15, -0.1) is 11.8 Å². The highest BCUT2D eigenvalue weighted by molar-refractivity contribution is 8.00. The Morgan fingerprint density at radius 1 is 1.48 bits per heavy atom. The highest BCUT2D eigenvalue weighted by Gasteiger charge is 2.25. The summed E-state index contributed by atoms with van der Waals surface area (Å²) >= 11 is 1.42. The lowest BCUT2D eigenvalue weighted by molar-refractivity contribution is -0.384. The number of rotatable bonds is 6. The van der Waals surface area contributed by atoms with Crippen LogP contribution in [0.5, 0.6) is 0 Å². The number of hydrogen-bond acceptors (Lipinski definition) is 5. The molecule has 114 valence electrons. The van der Waals surface area contributed by atoms with Crippen LogP contribution in [0.25, 0.3) is 0 Å². The van der Waals surface area contributed by atoms with Gasteiger partial charge in [0.15, 0.2) is 0 Å². The molecule has 1 amide bonds. The predicted octanol–water partition coefficient (Wildman–Crippen LogP) is 1.75. The summed E-state index contributed by atoms with van der Waals surface area (Å²) in [6.45, 7) is 2.59. The quantitative estimate of drug-likeness (QED) is 0.492. The van der Waals surface area contributed by atoms with E-state index in [1.807, 2.05) is 11.9 Å². The van der Waals surface area contributed by atoms with Gasteiger partial charge in [-0.05, 0) is 38.1 Å². The van der Waals surface area contributed by atoms with E-state index in [0.29, 0.717) is 11.7 Å². The molecular weight excluding hydrogens is 290 g/mol. The molecule has 1 aliphatic heterocycles. The minimum Gasteiger partial charge on any atom is -0.342 e. The zero-order chi connectivity index (χ0) is 15.2. The van der Waals surface area contributed by atoms with Crippen molar-refractivity contribution in [3.05, 3.63) is 34.4 Å². The molecule has 0 aliphatic carbocycles. The normalized spacial score (nSPS) is 18.0. The monoisotopic (exact) mass is 309 g/mol. The zero-order valence-corrected chi connectivity index (χ0v) is 12.8. The van der Waals surface area contributed by atoms with E-state index in [-0.39, 0.29) is 11.6 Å². The van der Waals surface area contributed by atoms with Gasteiger partial charge in [-0.1, -0.05) is 0 Å². The summed E-state index contributed by atoms with van der Waals surface area (Å²) < 4.78 is 0. The second-order valence-corrected chi connectivity index (χ2v) is 6.14. The van der Waals surface area contributed by atoms with Gasteiger partial charge in [0.2, 0.25) is 5.91 Å². The highest BCUT2D eigenvalue weighted by atomic mass is 32.2. The summed E-state index contributed by atoms with van der Waals surface area (Å²) in [6.07, 6.45) is 1.05. The summed E-state index contributed by atoms with van der Waals surface area (Å²) in [5.74, 6) is 1.06. The lowest BCUT2D eigenvalue weighted by Crippen LogP contribution is -2.31. The van der Waals surface area contributed by atoms with Gasteiger partial charge in [-0.3, -0.25) is 14.9 Å². The van der Waals surface area contributed by atoms with Gasteiger partial charge in [0.25, 0.3) is 5.69 Å². The van der Waals surface area contributed by atoms with Gasteiger partial charge < -0.3 is 10.2 Å². The second-order valence-electron chi connectivity index (χ2n) is 5.09. The maximum absolute atomic E-state index is 12.1. The smallest absolute Gasteiger partial charge is 0.269 e. The number of nitrogens with one attached hydrogen (secondary N) is 1. The summed E-state index contributed by atoms with van der Waals surface area (Å²) in [5.41, 5.74) is 0.0696. The van der Waals surface area contributed by atoms with Gasteiger partial charge >= 0.3 is 0 Å². The first-order valence-corrected chi connectivity index (χ1v) is 7.88. The fourth-order valence-corrected chi connectivity index (χ4v) is 3.22. The lowest BCUT2D eigenvalue weighted by Gasteiger charge is -2.16. The summed E-state index contributed by atoms with van der Waals surface area (Å²) in [6, 6.07) is 6.30. The van der Waals surface area contributed by atoms with Gasteiger partial charge in [0.05, 0.1) is 10.7 Å². The first-order chi connectivity index (χ1) is 10.1. The topological polar surface area (TPSA) is 75.5 Å². The molecule has 1 atom stereocenters. The molecule has 7 heteroatoms. The first-order valence-electron chi connectivity index (χ1n) is 6.89. The van der Waals surface area contributed by atoms with E-state index in [9.17, 15) is 14.9 Å². The minimum absolute atomic E-state index is 0.0696. The third-order valence-corrected chi connectivity index (χ3v) is 4.54. The number of benzene rings is 1. The number of thioether (sulfide) groups is 1. The number of carbonyl (C=O) groups is 1. The standard InChI is InChI=1S/C14H19N3O3S/c1-15-8-11-6-7-16(9-11)14(18)10-21-13-4-2-12(3-5-13)17(19)20/h2-5,11,15H,6-10H2,1H3. The van der Waals surface area contributed by atoms with E-state index >= 15 is 0 Å². The highest BCUT2D eigenvalue weighted by Crippen LogP contribution is 2.23. The molecule has 2 rings (SSSR count). The fraction of sp³-hybridized carbons (Fsp3) is 0.500. The van der Waals surface area contributed by atoms with E-state index in [0.717, 1.165) is 31.0 Å². The van der Waals surface area contributed by atoms with Crippen molar-refractivity contribution < 1.29 is 9.72 Å². The molecule has 0 saturated carbocycles. The van der Waals surface area contributed by atoms with Crippen LogP contribution in [0, 0.1) is 16.0 Å². The largest absolute Gasteiger partial charge is 0.342 e. The van der Waals surface area contributed by atoms with E-state index < -0.39 is 4.92 Å². The molecule has 1 saturated heterocycles. The molecular formula is C14H19N3O3S. The Balaban J connectivity index is 1.80. The van der Waals surface area contributed by atoms with Crippen LogP contribution in [0.3, 0.4) is 0 Å². The van der Waals surface area contributed by atoms with Crippen LogP contribution in [-0.4, -0.2) is 48.2 Å². The number of non-ortho nitro benzene ring substituents is 1. The molecule has 1 aromatic carbocycles. The Morgan fingerprint density at radius 2 is 2.19 bits per heavy atom. The van der Waals surface area contributed by atoms with Crippen molar-refractivity contribution in [3.8, 4) is 0 Å². The average molecular weight is 309 g/mol. The maximum Gasteiger partial charge on any atom is 0.269 e. The molecule has 0 bridgehead atoms. The van der Waals surface area contributed by atoms with Crippen LogP contribution in [0.2, 0.25) is 0 Å². The summed E-state index contributed by atoms with van der Waals surface area (Å²) in [5, 5.41) is 13.7. The summed E-state index contributed by atoms with van der Waals surface area (Å²) in [7, 11) is 1.93. The van der Waals surface area contributed by atoms with Crippen molar-refractivity contribution in [1.82, 2.24) is 10.2 Å². The van der Waals surface area contributed by atoms with Gasteiger partial charge in [0.1, 0.15) is 0 Å². The SMILES string of the molecule is CNCC1CCN(C(=O)CSc2ccc([N+](=O)[O-])cc2)C1. The Morgan fingerprint density at radius 3 is 2.81 bits per heavy atom. The average Bonchev–Trinajstić information content (AvgIpc) is 2.94. The number of carbonyl (C=O) groups excluding carboxylic acids is 1. The molecule has 1 aliphatic rings. The third kappa shape index (κ3) is 4.44. The number of nitrogens with zero attached hydrogens (tertiary/aromatic N) is 2. The molecule has 1 heterocycles. The van der Waals surface area contributed by atoms with Crippen LogP contribution in [0.15, 0.2) is 29.2 Å². The Bertz CT molecular complexity index is 507. The van der Waals surface area contributed by atoms with Crippen LogP contribution < -0.4 is 5.32 Å². The Kier molecular flexibility index (Phi) is 5.58. The maximum atomic E-state index is 12.1. The van der Waals surface area contributed by atoms with Gasteiger partial charge in [0, 0.05) is 30.1 Å². The molecule has 1 aromatic rings. The number of nitro groups is 1. The van der Waals surface area contributed by atoms with Crippen LogP contribution in [0.4, 0.5) is 5.69 Å². The number of hydrogen-bond donors (Lipinski definition) is 1. The lowest BCUT2D eigenvalue weighted by atomic mass is 10.1. The molecule has 0 aromatic heterocycles. The van der Waals surface area contributed by atoms with Crippen molar-refractivity contribution >= 4 is 23.4 Å². The van der Waals surface area contributed by atoms with Crippen LogP contribution in [-0.2, 0) is 4.79 Å². The zero-order valence-electron chi connectivity index (χ0n) is 11.9. The van der Waals surface area contributed by atoms with E-state index in [1.54, 1.807) is 12.1 Å². The molecule has 1 N–H and O–H groups in total. The van der Waals surface area contributed by atoms with Gasteiger partial charge in [-0.2, -0.15) is 0 Å². The minimum atomic E-state index is -0.425. The van der Waals surface area contributed by atoms with E-state index in [2.05, 4.69) is 5.32 Å². The van der Waals surface area contributed by atoms with Crippen molar-refractivity contribution in [2.24, 2.45) is 5.92 Å². The molecule has 1 fully saturated rings. The Labute approximate surface area is 128 Å². The summed E-state index contributed by atoms with van der Waals surface area (Å²) in [4.78, 5) is 25.0.